The van der Waals surface area contributed by atoms with E-state index in [0.29, 0.717) is 21.7 Å². The van der Waals surface area contributed by atoms with E-state index in [1.165, 1.54) is 12.1 Å². The van der Waals surface area contributed by atoms with Crippen molar-refractivity contribution in [2.24, 2.45) is 4.40 Å². The molecule has 1 atom stereocenters. The Balaban J connectivity index is 1.70. The molecule has 1 aliphatic carbocycles. The van der Waals surface area contributed by atoms with Gasteiger partial charge in [-0.3, -0.25) is 9.59 Å². The fraction of sp³-hybridized carbons (Fsp3) is 0.125. The predicted octanol–water partition coefficient (Wildman–Crippen LogP) is 6.41. The van der Waals surface area contributed by atoms with Crippen molar-refractivity contribution in [2.45, 2.75) is 16.8 Å². The average molecular weight is 472 g/mol. The first-order valence-electron chi connectivity index (χ1n) is 9.61. The van der Waals surface area contributed by atoms with Crippen LogP contribution < -0.4 is 0 Å². The molecule has 160 valence electrons. The SMILES string of the molecule is O=C1c2ccccc2C(=O)C12SN=C(c1cccc(C(F)(F)F)c1)C2c1ccc(Cl)cc1. The highest BCUT2D eigenvalue weighted by molar-refractivity contribution is 8.01. The topological polar surface area (TPSA) is 46.5 Å². The summed E-state index contributed by atoms with van der Waals surface area (Å²) in [4.78, 5) is 27.1. The Morgan fingerprint density at radius 3 is 2.09 bits per heavy atom. The summed E-state index contributed by atoms with van der Waals surface area (Å²) < 4.78 is 42.9. The number of hydrogen-bond acceptors (Lipinski definition) is 4. The second-order valence-corrected chi connectivity index (χ2v) is 9.02. The van der Waals surface area contributed by atoms with E-state index >= 15 is 0 Å². The molecule has 5 rings (SSSR count). The zero-order chi connectivity index (χ0) is 22.7. The first kappa shape index (κ1) is 21.0. The van der Waals surface area contributed by atoms with E-state index in [9.17, 15) is 22.8 Å². The number of carbonyl (C=O) groups excluding carboxylic acids is 2. The van der Waals surface area contributed by atoms with Crippen LogP contribution in [0.4, 0.5) is 13.2 Å². The zero-order valence-corrected chi connectivity index (χ0v) is 17.8. The molecule has 0 amide bonds. The van der Waals surface area contributed by atoms with Gasteiger partial charge in [0, 0.05) is 16.1 Å². The summed E-state index contributed by atoms with van der Waals surface area (Å²) in [5.74, 6) is -1.66. The minimum Gasteiger partial charge on any atom is -0.292 e. The molecular formula is C24H13ClF3NO2S. The number of nitrogens with zero attached hydrogens (tertiary/aromatic N) is 1. The van der Waals surface area contributed by atoms with Crippen LogP contribution >= 0.6 is 23.5 Å². The molecule has 1 spiro atoms. The third-order valence-electron chi connectivity index (χ3n) is 5.75. The van der Waals surface area contributed by atoms with Crippen molar-refractivity contribution < 1.29 is 22.8 Å². The van der Waals surface area contributed by atoms with Gasteiger partial charge in [-0.1, -0.05) is 60.1 Å². The van der Waals surface area contributed by atoms with Crippen LogP contribution in [0.3, 0.4) is 0 Å². The molecule has 0 aromatic heterocycles. The van der Waals surface area contributed by atoms with Gasteiger partial charge in [0.25, 0.3) is 0 Å². The Hall–Kier alpha value is -2.90. The number of halogens is 4. The first-order valence-corrected chi connectivity index (χ1v) is 10.8. The largest absolute Gasteiger partial charge is 0.416 e. The minimum atomic E-state index is -4.54. The second kappa shape index (κ2) is 7.32. The Bertz CT molecular complexity index is 1270. The normalized spacial score (nSPS) is 19.4. The van der Waals surface area contributed by atoms with Crippen molar-refractivity contribution in [1.82, 2.24) is 0 Å². The fourth-order valence-electron chi connectivity index (χ4n) is 4.27. The second-order valence-electron chi connectivity index (χ2n) is 7.57. The number of hydrogen-bond donors (Lipinski definition) is 0. The first-order chi connectivity index (χ1) is 15.2. The van der Waals surface area contributed by atoms with Crippen LogP contribution in [0, 0.1) is 0 Å². The molecule has 0 bridgehead atoms. The summed E-state index contributed by atoms with van der Waals surface area (Å²) in [6.07, 6.45) is -4.54. The van der Waals surface area contributed by atoms with Crippen molar-refractivity contribution in [3.05, 3.63) is 106 Å². The lowest BCUT2D eigenvalue weighted by Gasteiger charge is -2.28. The highest BCUT2D eigenvalue weighted by Crippen LogP contribution is 2.55. The standard InChI is InChI=1S/C24H13ClF3NO2S/c25-16-10-8-13(9-11-16)19-20(14-4-3-5-15(12-14)24(26,27)28)29-32-23(19)21(30)17-6-1-2-7-18(17)22(23)31/h1-12,19H. The molecule has 0 N–H and O–H groups in total. The van der Waals surface area contributed by atoms with Gasteiger partial charge in [-0.25, -0.2) is 4.40 Å². The Labute approximate surface area is 190 Å². The van der Waals surface area contributed by atoms with Crippen molar-refractivity contribution in [3.8, 4) is 0 Å². The molecule has 0 fully saturated rings. The lowest BCUT2D eigenvalue weighted by Crippen LogP contribution is -2.44. The number of carbonyl (C=O) groups is 2. The van der Waals surface area contributed by atoms with E-state index in [-0.39, 0.29) is 11.3 Å². The van der Waals surface area contributed by atoms with Gasteiger partial charge in [-0.05, 0) is 47.3 Å². The van der Waals surface area contributed by atoms with Gasteiger partial charge < -0.3 is 0 Å². The Morgan fingerprint density at radius 1 is 0.875 bits per heavy atom. The van der Waals surface area contributed by atoms with Crippen LogP contribution in [0.25, 0.3) is 0 Å². The average Bonchev–Trinajstić information content (AvgIpc) is 3.28. The predicted molar refractivity (Wildman–Crippen MR) is 118 cm³/mol. The number of ketones is 2. The molecule has 1 unspecified atom stereocenters. The molecule has 32 heavy (non-hydrogen) atoms. The number of fused-ring (bicyclic) bond motifs is 1. The van der Waals surface area contributed by atoms with E-state index in [0.717, 1.165) is 24.1 Å². The van der Waals surface area contributed by atoms with Crippen molar-refractivity contribution in [1.29, 1.82) is 0 Å². The van der Waals surface area contributed by atoms with E-state index in [1.54, 1.807) is 48.5 Å². The monoisotopic (exact) mass is 471 g/mol. The highest BCUT2D eigenvalue weighted by atomic mass is 35.5. The summed E-state index contributed by atoms with van der Waals surface area (Å²) in [5.41, 5.74) is 0.795. The van der Waals surface area contributed by atoms with E-state index in [2.05, 4.69) is 4.40 Å². The van der Waals surface area contributed by atoms with Gasteiger partial charge in [0.15, 0.2) is 16.3 Å². The molecule has 0 saturated heterocycles. The van der Waals surface area contributed by atoms with Crippen LogP contribution in [0.2, 0.25) is 5.02 Å². The Morgan fingerprint density at radius 2 is 1.50 bits per heavy atom. The number of alkyl halides is 3. The van der Waals surface area contributed by atoms with Gasteiger partial charge in [0.05, 0.1) is 17.2 Å². The van der Waals surface area contributed by atoms with Crippen LogP contribution in [0.5, 0.6) is 0 Å². The Kier molecular flexibility index (Phi) is 4.80. The quantitative estimate of drug-likeness (QED) is 0.320. The maximum atomic E-state index is 13.6. The lowest BCUT2D eigenvalue weighted by atomic mass is 9.76. The van der Waals surface area contributed by atoms with Gasteiger partial charge in [-0.15, -0.1) is 0 Å². The minimum absolute atomic E-state index is 0.209. The van der Waals surface area contributed by atoms with Gasteiger partial charge in [-0.2, -0.15) is 13.2 Å². The summed E-state index contributed by atoms with van der Waals surface area (Å²) in [6.45, 7) is 0. The lowest BCUT2D eigenvalue weighted by molar-refractivity contribution is -0.137. The van der Waals surface area contributed by atoms with Crippen LogP contribution in [-0.2, 0) is 6.18 Å². The fourth-order valence-corrected chi connectivity index (χ4v) is 5.59. The summed E-state index contributed by atoms with van der Waals surface area (Å²) >= 11 is 6.85. The van der Waals surface area contributed by atoms with Crippen molar-refractivity contribution >= 4 is 40.8 Å². The molecule has 0 radical (unpaired) electrons. The summed E-state index contributed by atoms with van der Waals surface area (Å²) in [7, 11) is 0. The molecule has 2 aliphatic rings. The summed E-state index contributed by atoms with van der Waals surface area (Å²) in [6, 6.07) is 17.9. The molecule has 8 heteroatoms. The molecule has 1 heterocycles. The van der Waals surface area contributed by atoms with Gasteiger partial charge >= 0.3 is 6.18 Å². The number of rotatable bonds is 2. The molecule has 3 aromatic rings. The number of Topliss-reactive ketones (excluding diaryl/α,β-unsaturated/α-hetero) is 2. The van der Waals surface area contributed by atoms with Gasteiger partial charge in [0.2, 0.25) is 0 Å². The van der Waals surface area contributed by atoms with E-state index in [1.807, 2.05) is 0 Å². The molecule has 0 saturated carbocycles. The molecular weight excluding hydrogens is 459 g/mol. The smallest absolute Gasteiger partial charge is 0.292 e. The summed E-state index contributed by atoms with van der Waals surface area (Å²) in [5, 5.41) is 0.457. The van der Waals surface area contributed by atoms with Crippen LogP contribution in [0.15, 0.2) is 77.2 Å². The molecule has 3 nitrogen and oxygen atoms in total. The highest BCUT2D eigenvalue weighted by Gasteiger charge is 2.63. The zero-order valence-electron chi connectivity index (χ0n) is 16.2. The van der Waals surface area contributed by atoms with Crippen LogP contribution in [-0.4, -0.2) is 22.0 Å². The van der Waals surface area contributed by atoms with Crippen LogP contribution in [0.1, 0.15) is 43.3 Å². The van der Waals surface area contributed by atoms with Crippen molar-refractivity contribution in [2.75, 3.05) is 0 Å². The van der Waals surface area contributed by atoms with E-state index < -0.39 is 34.0 Å². The molecule has 1 aliphatic heterocycles. The third kappa shape index (κ3) is 3.03. The third-order valence-corrected chi connectivity index (χ3v) is 7.18. The maximum absolute atomic E-state index is 13.6. The van der Waals surface area contributed by atoms with Gasteiger partial charge in [0.1, 0.15) is 0 Å². The number of benzene rings is 3. The van der Waals surface area contributed by atoms with E-state index in [4.69, 9.17) is 11.6 Å². The molecule has 3 aromatic carbocycles. The van der Waals surface area contributed by atoms with Crippen molar-refractivity contribution in [3.63, 3.8) is 0 Å². The maximum Gasteiger partial charge on any atom is 0.416 e.